The minimum atomic E-state index is -3.95. The molecule has 2 aromatic heterocycles. The Labute approximate surface area is 262 Å². The summed E-state index contributed by atoms with van der Waals surface area (Å²) in [4.78, 5) is 11.4. The van der Waals surface area contributed by atoms with Gasteiger partial charge in [-0.2, -0.15) is 0 Å². The molecule has 0 saturated carbocycles. The van der Waals surface area contributed by atoms with Gasteiger partial charge >= 0.3 is 19.5 Å². The third-order valence-corrected chi connectivity index (χ3v) is 9.18. The zero-order chi connectivity index (χ0) is 29.3. The first-order valence-electron chi connectivity index (χ1n) is 12.8. The molecule has 43 heavy (non-hydrogen) atoms. The molecule has 12 heteroatoms. The van der Waals surface area contributed by atoms with Crippen LogP contribution in [0.25, 0.3) is 31.3 Å². The quantitative estimate of drug-likeness (QED) is 0.157. The van der Waals surface area contributed by atoms with E-state index in [1.54, 1.807) is 84.7 Å². The van der Waals surface area contributed by atoms with Gasteiger partial charge in [-0.1, -0.05) is 72.8 Å². The van der Waals surface area contributed by atoms with E-state index in [-0.39, 0.29) is 40.6 Å². The standard InChI is InChI=1S/C31H23N5O4S2.Zn/c1-36(28-20-18-22-10-8-16-26(30(22)32-28)34-41(37,38)24-12-4-2-5-13-24)29-21-19-23-11-9-17-27(31(23)33-29)35-42(39,40)25-14-6-3-7-15-25;/h2-21H,1H3;/q-2;+2. The van der Waals surface area contributed by atoms with Crippen molar-refractivity contribution in [3.63, 3.8) is 0 Å². The second kappa shape index (κ2) is 12.1. The molecule has 0 N–H and O–H groups in total. The monoisotopic (exact) mass is 657 g/mol. The number of fused-ring (bicyclic) bond motifs is 2. The van der Waals surface area contributed by atoms with Crippen LogP contribution in [-0.4, -0.2) is 33.9 Å². The number of sulfonamides is 2. The van der Waals surface area contributed by atoms with E-state index in [4.69, 9.17) is 9.97 Å². The van der Waals surface area contributed by atoms with Crippen LogP contribution in [0, 0.1) is 0 Å². The number of nitrogens with zero attached hydrogens (tertiary/aromatic N) is 5. The van der Waals surface area contributed by atoms with Crippen LogP contribution >= 0.6 is 0 Å². The smallest absolute Gasteiger partial charge is 0.571 e. The van der Waals surface area contributed by atoms with E-state index in [2.05, 4.69) is 9.44 Å². The SMILES string of the molecule is CN(c1ccc2cccc([N-]S(=O)(=O)c3ccccc3)c2n1)c1ccc2cccc([N-]S(=O)(=O)c3ccccc3)c2n1.[Zn+2]. The van der Waals surface area contributed by atoms with E-state index in [0.717, 1.165) is 10.8 Å². The van der Waals surface area contributed by atoms with Crippen LogP contribution in [0.1, 0.15) is 0 Å². The second-order valence-corrected chi connectivity index (χ2v) is 12.6. The van der Waals surface area contributed by atoms with Gasteiger partial charge in [0.1, 0.15) is 31.7 Å². The Hall–Kier alpha value is -4.38. The molecule has 0 bridgehead atoms. The summed E-state index contributed by atoms with van der Waals surface area (Å²) in [6.45, 7) is 0. The Morgan fingerprint density at radius 3 is 1.30 bits per heavy atom. The average Bonchev–Trinajstić information content (AvgIpc) is 3.01. The zero-order valence-corrected chi connectivity index (χ0v) is 27.5. The van der Waals surface area contributed by atoms with Crippen LogP contribution < -0.4 is 4.90 Å². The molecule has 0 radical (unpaired) electrons. The minimum absolute atomic E-state index is 0. The van der Waals surface area contributed by atoms with Crippen molar-refractivity contribution in [1.29, 1.82) is 0 Å². The van der Waals surface area contributed by atoms with Crippen LogP contribution in [0.3, 0.4) is 0 Å². The van der Waals surface area contributed by atoms with E-state index < -0.39 is 20.0 Å². The van der Waals surface area contributed by atoms with Gasteiger partial charge in [0.05, 0.1) is 20.8 Å². The van der Waals surface area contributed by atoms with Gasteiger partial charge in [-0.25, -0.2) is 26.8 Å². The number of anilines is 2. The Morgan fingerprint density at radius 1 is 0.512 bits per heavy atom. The molecule has 2 heterocycles. The average molecular weight is 659 g/mol. The summed E-state index contributed by atoms with van der Waals surface area (Å²) < 4.78 is 60.0. The maximum absolute atomic E-state index is 13.0. The molecule has 0 unspecified atom stereocenters. The van der Waals surface area contributed by atoms with Crippen molar-refractivity contribution < 1.29 is 36.3 Å². The molecule has 6 aromatic rings. The Kier molecular flexibility index (Phi) is 8.46. The first kappa shape index (κ1) is 30.1. The van der Waals surface area contributed by atoms with Crippen molar-refractivity contribution in [2.75, 3.05) is 11.9 Å². The number of para-hydroxylation sites is 2. The van der Waals surface area contributed by atoms with E-state index in [0.29, 0.717) is 22.7 Å². The predicted molar refractivity (Wildman–Crippen MR) is 165 cm³/mol. The maximum Gasteiger partial charge on any atom is 2.00 e. The fraction of sp³-hybridized carbons (Fsp3) is 0.0323. The minimum Gasteiger partial charge on any atom is -0.571 e. The molecule has 0 amide bonds. The fourth-order valence-electron chi connectivity index (χ4n) is 4.43. The molecule has 0 spiro atoms. The van der Waals surface area contributed by atoms with Crippen molar-refractivity contribution in [3.8, 4) is 0 Å². The molecule has 0 aliphatic carbocycles. The van der Waals surface area contributed by atoms with Gasteiger partial charge in [0.25, 0.3) is 0 Å². The molecule has 4 aromatic carbocycles. The Bertz CT molecular complexity index is 1990. The van der Waals surface area contributed by atoms with Gasteiger partial charge in [-0.15, -0.1) is 11.4 Å². The summed E-state index contributed by atoms with van der Waals surface area (Å²) in [7, 11) is -6.14. The van der Waals surface area contributed by atoms with Gasteiger partial charge in [0.2, 0.25) is 0 Å². The number of rotatable bonds is 8. The Balaban J connectivity index is 0.00000368. The molecule has 0 atom stereocenters. The van der Waals surface area contributed by atoms with E-state index in [1.165, 1.54) is 24.3 Å². The summed E-state index contributed by atoms with van der Waals surface area (Å²) in [6.07, 6.45) is 0. The van der Waals surface area contributed by atoms with Crippen molar-refractivity contribution in [2.45, 2.75) is 9.79 Å². The first-order valence-corrected chi connectivity index (χ1v) is 15.7. The third kappa shape index (κ3) is 6.22. The summed E-state index contributed by atoms with van der Waals surface area (Å²) in [5.74, 6) is 0.973. The van der Waals surface area contributed by atoms with E-state index in [9.17, 15) is 16.8 Å². The van der Waals surface area contributed by atoms with Gasteiger partial charge < -0.3 is 14.3 Å². The van der Waals surface area contributed by atoms with Crippen LogP contribution in [0.15, 0.2) is 131 Å². The van der Waals surface area contributed by atoms with Crippen LogP contribution in [0.2, 0.25) is 0 Å². The first-order chi connectivity index (χ1) is 20.2. The number of hydrogen-bond donors (Lipinski definition) is 0. The molecule has 0 aliphatic heterocycles. The summed E-state index contributed by atoms with van der Waals surface area (Å²) in [6, 6.07) is 33.6. The number of benzene rings is 4. The van der Waals surface area contributed by atoms with Crippen LogP contribution in [-0.2, 0) is 39.5 Å². The molecule has 0 aliphatic rings. The molecule has 0 saturated heterocycles. The van der Waals surface area contributed by atoms with Gasteiger partial charge in [-0.3, -0.25) is 0 Å². The number of hydrogen-bond acceptors (Lipinski definition) is 7. The largest absolute Gasteiger partial charge is 2.00 e. The van der Waals surface area contributed by atoms with Crippen molar-refractivity contribution in [3.05, 3.63) is 131 Å². The van der Waals surface area contributed by atoms with Crippen molar-refractivity contribution in [1.82, 2.24) is 9.97 Å². The summed E-state index contributed by atoms with van der Waals surface area (Å²) in [5.41, 5.74) is 1.24. The van der Waals surface area contributed by atoms with Crippen LogP contribution in [0.5, 0.6) is 0 Å². The van der Waals surface area contributed by atoms with Crippen molar-refractivity contribution in [2.24, 2.45) is 0 Å². The zero-order valence-electron chi connectivity index (χ0n) is 22.9. The van der Waals surface area contributed by atoms with Gasteiger partial charge in [-0.05, 0) is 59.3 Å². The van der Waals surface area contributed by atoms with E-state index in [1.807, 2.05) is 24.3 Å². The predicted octanol–water partition coefficient (Wildman–Crippen LogP) is 7.34. The Morgan fingerprint density at radius 2 is 0.907 bits per heavy atom. The molecular formula is C31H23N5O4S2Zn. The fourth-order valence-corrected chi connectivity index (χ4v) is 6.46. The normalized spacial score (nSPS) is 11.6. The second-order valence-electron chi connectivity index (χ2n) is 9.35. The van der Waals surface area contributed by atoms with Gasteiger partial charge in [0.15, 0.2) is 0 Å². The molecule has 0 fully saturated rings. The number of aromatic nitrogens is 2. The van der Waals surface area contributed by atoms with Crippen LogP contribution in [0.4, 0.5) is 23.0 Å². The summed E-state index contributed by atoms with van der Waals surface area (Å²) in [5, 5.41) is 1.44. The van der Waals surface area contributed by atoms with Gasteiger partial charge in [0, 0.05) is 7.05 Å². The molecular weight excluding hydrogens is 636 g/mol. The number of pyridine rings is 2. The molecule has 210 valence electrons. The third-order valence-electron chi connectivity index (χ3n) is 6.57. The van der Waals surface area contributed by atoms with Crippen molar-refractivity contribution >= 4 is 64.9 Å². The van der Waals surface area contributed by atoms with E-state index >= 15 is 0 Å². The summed E-state index contributed by atoms with van der Waals surface area (Å²) >= 11 is 0. The molecule has 9 nitrogen and oxygen atoms in total. The maximum atomic E-state index is 13.0. The molecule has 6 rings (SSSR count). The topological polar surface area (TPSA) is 125 Å².